The standard InChI is InChI=1S/C11H7ClFNO3/c1-5-9(11(15)16)14-10(17-5)8-6(12)3-2-4-7(8)13/h2-4H,1H3,(H,15,16). The molecule has 0 amide bonds. The van der Waals surface area contributed by atoms with Gasteiger partial charge in [0, 0.05) is 0 Å². The van der Waals surface area contributed by atoms with E-state index in [1.54, 1.807) is 0 Å². The molecular formula is C11H7ClFNO3. The molecule has 1 heterocycles. The van der Waals surface area contributed by atoms with Gasteiger partial charge in [0.1, 0.15) is 11.6 Å². The van der Waals surface area contributed by atoms with Crippen LogP contribution in [0.3, 0.4) is 0 Å². The lowest BCUT2D eigenvalue weighted by Gasteiger charge is -1.99. The van der Waals surface area contributed by atoms with Gasteiger partial charge in [-0.15, -0.1) is 0 Å². The number of aromatic carboxylic acids is 1. The minimum atomic E-state index is -1.23. The van der Waals surface area contributed by atoms with Crippen LogP contribution < -0.4 is 0 Å². The zero-order valence-electron chi connectivity index (χ0n) is 8.70. The van der Waals surface area contributed by atoms with Crippen molar-refractivity contribution in [2.75, 3.05) is 0 Å². The van der Waals surface area contributed by atoms with Gasteiger partial charge in [-0.05, 0) is 19.1 Å². The summed E-state index contributed by atoms with van der Waals surface area (Å²) in [6, 6.07) is 4.11. The Balaban J connectivity index is 2.62. The molecule has 6 heteroatoms. The number of oxazole rings is 1. The van der Waals surface area contributed by atoms with Gasteiger partial charge in [-0.25, -0.2) is 14.2 Å². The molecule has 0 aliphatic carbocycles. The summed E-state index contributed by atoms with van der Waals surface area (Å²) >= 11 is 5.82. The molecule has 17 heavy (non-hydrogen) atoms. The van der Waals surface area contributed by atoms with Crippen LogP contribution in [0, 0.1) is 12.7 Å². The molecule has 1 aromatic heterocycles. The number of aromatic nitrogens is 1. The largest absolute Gasteiger partial charge is 0.476 e. The van der Waals surface area contributed by atoms with E-state index >= 15 is 0 Å². The Morgan fingerprint density at radius 2 is 2.24 bits per heavy atom. The van der Waals surface area contributed by atoms with Crippen LogP contribution in [-0.2, 0) is 0 Å². The van der Waals surface area contributed by atoms with Gasteiger partial charge in [-0.3, -0.25) is 0 Å². The van der Waals surface area contributed by atoms with Crippen LogP contribution in [0.15, 0.2) is 22.6 Å². The Hall–Kier alpha value is -1.88. The van der Waals surface area contributed by atoms with Gasteiger partial charge in [0.25, 0.3) is 0 Å². The summed E-state index contributed by atoms with van der Waals surface area (Å²) in [7, 11) is 0. The molecule has 1 N–H and O–H groups in total. The molecule has 0 radical (unpaired) electrons. The van der Waals surface area contributed by atoms with Crippen molar-refractivity contribution < 1.29 is 18.7 Å². The predicted octanol–water partition coefficient (Wildman–Crippen LogP) is 3.14. The zero-order chi connectivity index (χ0) is 12.6. The maximum atomic E-state index is 13.5. The maximum Gasteiger partial charge on any atom is 0.358 e. The minimum Gasteiger partial charge on any atom is -0.476 e. The quantitative estimate of drug-likeness (QED) is 0.895. The van der Waals surface area contributed by atoms with Gasteiger partial charge < -0.3 is 9.52 Å². The maximum absolute atomic E-state index is 13.5. The third kappa shape index (κ3) is 2.01. The molecule has 0 spiro atoms. The van der Waals surface area contributed by atoms with E-state index in [0.29, 0.717) is 0 Å². The smallest absolute Gasteiger partial charge is 0.358 e. The molecule has 1 aromatic carbocycles. The highest BCUT2D eigenvalue weighted by molar-refractivity contribution is 6.33. The van der Waals surface area contributed by atoms with Crippen molar-refractivity contribution in [3.63, 3.8) is 0 Å². The van der Waals surface area contributed by atoms with Crippen LogP contribution in [0.5, 0.6) is 0 Å². The molecule has 0 atom stereocenters. The summed E-state index contributed by atoms with van der Waals surface area (Å²) in [4.78, 5) is 14.5. The highest BCUT2D eigenvalue weighted by Gasteiger charge is 2.20. The SMILES string of the molecule is Cc1oc(-c2c(F)cccc2Cl)nc1C(=O)O. The summed E-state index contributed by atoms with van der Waals surface area (Å²) in [5, 5.41) is 8.93. The lowest BCUT2D eigenvalue weighted by atomic mass is 10.2. The molecule has 0 saturated carbocycles. The normalized spacial score (nSPS) is 10.5. The first-order valence-electron chi connectivity index (χ1n) is 4.66. The number of aryl methyl sites for hydroxylation is 1. The minimum absolute atomic E-state index is 0.0373. The van der Waals surface area contributed by atoms with E-state index in [9.17, 15) is 9.18 Å². The van der Waals surface area contributed by atoms with Gasteiger partial charge in [0.2, 0.25) is 5.89 Å². The van der Waals surface area contributed by atoms with E-state index in [4.69, 9.17) is 21.1 Å². The number of hydrogen-bond donors (Lipinski definition) is 1. The fourth-order valence-electron chi connectivity index (χ4n) is 1.40. The van der Waals surface area contributed by atoms with Gasteiger partial charge in [-0.2, -0.15) is 0 Å². The van der Waals surface area contributed by atoms with E-state index in [1.807, 2.05) is 0 Å². The highest BCUT2D eigenvalue weighted by atomic mass is 35.5. The molecule has 0 bridgehead atoms. The van der Waals surface area contributed by atoms with Gasteiger partial charge in [-0.1, -0.05) is 17.7 Å². The fourth-order valence-corrected chi connectivity index (χ4v) is 1.65. The summed E-state index contributed by atoms with van der Waals surface area (Å²) in [5.74, 6) is -1.88. The fraction of sp³-hybridized carbons (Fsp3) is 0.0909. The molecule has 0 aliphatic heterocycles. The van der Waals surface area contributed by atoms with Crippen LogP contribution in [0.25, 0.3) is 11.5 Å². The summed E-state index contributed by atoms with van der Waals surface area (Å²) in [6.07, 6.45) is 0. The second kappa shape index (κ2) is 4.18. The van der Waals surface area contributed by atoms with E-state index in [1.165, 1.54) is 25.1 Å². The van der Waals surface area contributed by atoms with Crippen molar-refractivity contribution in [1.82, 2.24) is 4.98 Å². The monoisotopic (exact) mass is 255 g/mol. The first kappa shape index (κ1) is 11.6. The van der Waals surface area contributed by atoms with Gasteiger partial charge >= 0.3 is 5.97 Å². The van der Waals surface area contributed by atoms with Crippen molar-refractivity contribution in [3.8, 4) is 11.5 Å². The molecule has 0 saturated heterocycles. The zero-order valence-corrected chi connectivity index (χ0v) is 9.45. The predicted molar refractivity (Wildman–Crippen MR) is 58.6 cm³/mol. The summed E-state index contributed by atoms with van der Waals surface area (Å²) < 4.78 is 18.7. The Labute approximate surface area is 101 Å². The second-order valence-electron chi connectivity index (χ2n) is 3.33. The van der Waals surface area contributed by atoms with Crippen molar-refractivity contribution >= 4 is 17.6 Å². The molecule has 2 aromatic rings. The van der Waals surface area contributed by atoms with E-state index in [0.717, 1.165) is 0 Å². The van der Waals surface area contributed by atoms with Crippen LogP contribution in [0.2, 0.25) is 5.02 Å². The first-order chi connectivity index (χ1) is 8.00. The number of carbonyl (C=O) groups is 1. The topological polar surface area (TPSA) is 63.3 Å². The lowest BCUT2D eigenvalue weighted by molar-refractivity contribution is 0.0689. The van der Waals surface area contributed by atoms with Crippen LogP contribution in [0.4, 0.5) is 4.39 Å². The van der Waals surface area contributed by atoms with Crippen LogP contribution >= 0.6 is 11.6 Å². The number of carboxylic acid groups (broad SMARTS) is 1. The average molecular weight is 256 g/mol. The molecular weight excluding hydrogens is 249 g/mol. The third-order valence-corrected chi connectivity index (χ3v) is 2.49. The number of carboxylic acids is 1. The van der Waals surface area contributed by atoms with Crippen molar-refractivity contribution in [2.45, 2.75) is 6.92 Å². The number of nitrogens with zero attached hydrogens (tertiary/aromatic N) is 1. The van der Waals surface area contributed by atoms with Crippen LogP contribution in [0.1, 0.15) is 16.2 Å². The number of hydrogen-bond acceptors (Lipinski definition) is 3. The molecule has 0 fully saturated rings. The summed E-state index contributed by atoms with van der Waals surface area (Å²) in [5.41, 5.74) is -0.288. The van der Waals surface area contributed by atoms with E-state index < -0.39 is 11.8 Å². The third-order valence-electron chi connectivity index (χ3n) is 2.18. The molecule has 2 rings (SSSR count). The van der Waals surface area contributed by atoms with Crippen LogP contribution in [-0.4, -0.2) is 16.1 Å². The Morgan fingerprint density at radius 3 is 2.76 bits per heavy atom. The lowest BCUT2D eigenvalue weighted by Crippen LogP contribution is -1.98. The second-order valence-corrected chi connectivity index (χ2v) is 3.73. The number of rotatable bonds is 2. The molecule has 4 nitrogen and oxygen atoms in total. The van der Waals surface area contributed by atoms with Gasteiger partial charge in [0.05, 0.1) is 10.6 Å². The highest BCUT2D eigenvalue weighted by Crippen LogP contribution is 2.30. The van der Waals surface area contributed by atoms with Crippen molar-refractivity contribution in [3.05, 3.63) is 40.5 Å². The summed E-state index contributed by atoms with van der Waals surface area (Å²) in [6.45, 7) is 1.44. The Morgan fingerprint density at radius 1 is 1.53 bits per heavy atom. The van der Waals surface area contributed by atoms with Crippen molar-refractivity contribution in [1.29, 1.82) is 0 Å². The number of benzene rings is 1. The van der Waals surface area contributed by atoms with Gasteiger partial charge in [0.15, 0.2) is 5.69 Å². The van der Waals surface area contributed by atoms with E-state index in [2.05, 4.69) is 4.98 Å². The Bertz CT molecular complexity index is 574. The number of halogens is 2. The molecule has 0 aliphatic rings. The molecule has 88 valence electrons. The Kier molecular flexibility index (Phi) is 2.85. The molecule has 0 unspecified atom stereocenters. The first-order valence-corrected chi connectivity index (χ1v) is 5.03. The van der Waals surface area contributed by atoms with Crippen molar-refractivity contribution in [2.24, 2.45) is 0 Å². The average Bonchev–Trinajstić information content (AvgIpc) is 2.60. The van der Waals surface area contributed by atoms with E-state index in [-0.39, 0.29) is 27.9 Å².